The maximum atomic E-state index is 11.7. The molecule has 21 heavy (non-hydrogen) atoms. The largest absolute Gasteiger partial charge is 0.391 e. The lowest BCUT2D eigenvalue weighted by Gasteiger charge is -2.26. The standard InChI is InChI=1S/C17H26N2O2/c18-15(10-12-6-2-1-3-7-12)16(20)11-14(17(19)21)13-8-4-5-9-13/h1-3,6-7,13-16,20H,4-5,8-11,18H2,(H2,19,21)/t14-,15-,16-/m0/s1. The highest BCUT2D eigenvalue weighted by Crippen LogP contribution is 2.34. The molecule has 1 fully saturated rings. The molecule has 0 bridgehead atoms. The zero-order chi connectivity index (χ0) is 15.2. The summed E-state index contributed by atoms with van der Waals surface area (Å²) >= 11 is 0. The molecule has 3 atom stereocenters. The minimum Gasteiger partial charge on any atom is -0.391 e. The van der Waals surface area contributed by atoms with Gasteiger partial charge in [-0.05, 0) is 37.2 Å². The molecule has 1 saturated carbocycles. The van der Waals surface area contributed by atoms with Crippen molar-refractivity contribution in [1.82, 2.24) is 0 Å². The molecule has 0 saturated heterocycles. The van der Waals surface area contributed by atoms with Crippen LogP contribution in [-0.2, 0) is 11.2 Å². The number of aliphatic hydroxyl groups is 1. The molecular weight excluding hydrogens is 264 g/mol. The van der Waals surface area contributed by atoms with Crippen LogP contribution in [0.1, 0.15) is 37.7 Å². The van der Waals surface area contributed by atoms with Gasteiger partial charge in [0, 0.05) is 12.0 Å². The average molecular weight is 290 g/mol. The molecule has 116 valence electrons. The predicted octanol–water partition coefficient (Wildman–Crippen LogP) is 1.60. The predicted molar refractivity (Wildman–Crippen MR) is 83.4 cm³/mol. The van der Waals surface area contributed by atoms with Crippen molar-refractivity contribution in [2.24, 2.45) is 23.3 Å². The second-order valence-electron chi connectivity index (χ2n) is 6.21. The second-order valence-corrected chi connectivity index (χ2v) is 6.21. The minimum absolute atomic E-state index is 0.246. The number of rotatable bonds is 7. The van der Waals surface area contributed by atoms with Crippen LogP contribution in [-0.4, -0.2) is 23.2 Å². The van der Waals surface area contributed by atoms with E-state index in [1.54, 1.807) is 0 Å². The van der Waals surface area contributed by atoms with Crippen molar-refractivity contribution in [3.8, 4) is 0 Å². The summed E-state index contributed by atoms with van der Waals surface area (Å²) in [6.45, 7) is 0. The van der Waals surface area contributed by atoms with Gasteiger partial charge in [-0.25, -0.2) is 0 Å². The van der Waals surface area contributed by atoms with Gasteiger partial charge < -0.3 is 16.6 Å². The molecule has 0 radical (unpaired) electrons. The van der Waals surface area contributed by atoms with Gasteiger partial charge in [-0.15, -0.1) is 0 Å². The number of benzene rings is 1. The van der Waals surface area contributed by atoms with Crippen LogP contribution in [0.15, 0.2) is 30.3 Å². The van der Waals surface area contributed by atoms with E-state index >= 15 is 0 Å². The van der Waals surface area contributed by atoms with E-state index in [2.05, 4.69) is 0 Å². The fourth-order valence-corrected chi connectivity index (χ4v) is 3.36. The van der Waals surface area contributed by atoms with E-state index in [0.717, 1.165) is 31.2 Å². The lowest BCUT2D eigenvalue weighted by Crippen LogP contribution is -2.41. The third-order valence-corrected chi connectivity index (χ3v) is 4.64. The molecule has 5 N–H and O–H groups in total. The molecule has 0 aliphatic heterocycles. The fourth-order valence-electron chi connectivity index (χ4n) is 3.36. The van der Waals surface area contributed by atoms with Crippen LogP contribution in [0.2, 0.25) is 0 Å². The average Bonchev–Trinajstić information content (AvgIpc) is 2.99. The van der Waals surface area contributed by atoms with Crippen molar-refractivity contribution in [2.75, 3.05) is 0 Å². The quantitative estimate of drug-likeness (QED) is 0.712. The molecule has 2 rings (SSSR count). The Morgan fingerprint density at radius 2 is 1.86 bits per heavy atom. The van der Waals surface area contributed by atoms with E-state index in [1.807, 2.05) is 30.3 Å². The highest BCUT2D eigenvalue weighted by atomic mass is 16.3. The van der Waals surface area contributed by atoms with E-state index in [9.17, 15) is 9.90 Å². The van der Waals surface area contributed by atoms with Gasteiger partial charge in [-0.3, -0.25) is 4.79 Å². The van der Waals surface area contributed by atoms with Crippen LogP contribution in [0, 0.1) is 11.8 Å². The molecule has 4 heteroatoms. The Balaban J connectivity index is 1.91. The molecule has 0 heterocycles. The van der Waals surface area contributed by atoms with Gasteiger partial charge in [0.2, 0.25) is 5.91 Å². The molecular formula is C17H26N2O2. The first-order valence-corrected chi connectivity index (χ1v) is 7.85. The van der Waals surface area contributed by atoms with Crippen LogP contribution in [0.5, 0.6) is 0 Å². The molecule has 1 aromatic carbocycles. The van der Waals surface area contributed by atoms with Crippen molar-refractivity contribution >= 4 is 5.91 Å². The van der Waals surface area contributed by atoms with Crippen molar-refractivity contribution in [2.45, 2.75) is 50.7 Å². The van der Waals surface area contributed by atoms with Crippen LogP contribution in [0.3, 0.4) is 0 Å². The highest BCUT2D eigenvalue weighted by molar-refractivity contribution is 5.77. The van der Waals surface area contributed by atoms with Crippen LogP contribution in [0.25, 0.3) is 0 Å². The third kappa shape index (κ3) is 4.55. The Labute approximate surface area is 126 Å². The third-order valence-electron chi connectivity index (χ3n) is 4.64. The molecule has 1 aliphatic rings. The summed E-state index contributed by atoms with van der Waals surface area (Å²) in [4.78, 5) is 11.7. The molecule has 1 aliphatic carbocycles. The molecule has 1 aromatic rings. The van der Waals surface area contributed by atoms with E-state index in [1.165, 1.54) is 0 Å². The zero-order valence-electron chi connectivity index (χ0n) is 12.4. The monoisotopic (exact) mass is 290 g/mol. The number of nitrogens with two attached hydrogens (primary N) is 2. The Morgan fingerprint density at radius 1 is 1.24 bits per heavy atom. The lowest BCUT2D eigenvalue weighted by atomic mass is 9.83. The number of amides is 1. The SMILES string of the molecule is NC(=O)[C@@H](C[C@H](O)[C@@H](N)Cc1ccccc1)C1CCCC1. The number of hydrogen-bond donors (Lipinski definition) is 3. The number of aliphatic hydroxyl groups excluding tert-OH is 1. The normalized spacial score (nSPS) is 20.1. The first-order valence-electron chi connectivity index (χ1n) is 7.85. The Bertz CT molecular complexity index is 443. The van der Waals surface area contributed by atoms with Crippen molar-refractivity contribution in [3.63, 3.8) is 0 Å². The summed E-state index contributed by atoms with van der Waals surface area (Å²) in [7, 11) is 0. The molecule has 0 unspecified atom stereocenters. The summed E-state index contributed by atoms with van der Waals surface area (Å²) < 4.78 is 0. The Hall–Kier alpha value is -1.39. The summed E-state index contributed by atoms with van der Waals surface area (Å²) in [6, 6.07) is 9.49. The van der Waals surface area contributed by atoms with Crippen LogP contribution >= 0.6 is 0 Å². The van der Waals surface area contributed by atoms with Crippen LogP contribution < -0.4 is 11.5 Å². The van der Waals surface area contributed by atoms with Crippen molar-refractivity contribution < 1.29 is 9.90 Å². The Morgan fingerprint density at radius 3 is 2.43 bits per heavy atom. The van der Waals surface area contributed by atoms with Gasteiger partial charge in [0.25, 0.3) is 0 Å². The van der Waals surface area contributed by atoms with Crippen molar-refractivity contribution in [1.29, 1.82) is 0 Å². The molecule has 1 amide bonds. The number of carbonyl (C=O) groups excluding carboxylic acids is 1. The maximum Gasteiger partial charge on any atom is 0.220 e. The minimum atomic E-state index is -0.691. The van der Waals surface area contributed by atoms with E-state index in [4.69, 9.17) is 11.5 Å². The Kier molecular flexibility index (Phi) is 5.76. The topological polar surface area (TPSA) is 89.3 Å². The lowest BCUT2D eigenvalue weighted by molar-refractivity contribution is -0.124. The van der Waals surface area contributed by atoms with Gasteiger partial charge in [0.05, 0.1) is 6.10 Å². The molecule has 0 aromatic heterocycles. The van der Waals surface area contributed by atoms with Gasteiger partial charge in [0.15, 0.2) is 0 Å². The van der Waals surface area contributed by atoms with E-state index in [0.29, 0.717) is 18.8 Å². The van der Waals surface area contributed by atoms with Gasteiger partial charge >= 0.3 is 0 Å². The fraction of sp³-hybridized carbons (Fsp3) is 0.588. The zero-order valence-corrected chi connectivity index (χ0v) is 12.4. The maximum absolute atomic E-state index is 11.7. The molecule has 0 spiro atoms. The number of hydrogen-bond acceptors (Lipinski definition) is 3. The van der Waals surface area contributed by atoms with E-state index < -0.39 is 6.10 Å². The highest BCUT2D eigenvalue weighted by Gasteiger charge is 2.32. The number of carbonyl (C=O) groups is 1. The smallest absolute Gasteiger partial charge is 0.220 e. The first kappa shape index (κ1) is 16.0. The summed E-state index contributed by atoms with van der Waals surface area (Å²) in [5.74, 6) is -0.224. The van der Waals surface area contributed by atoms with Crippen LogP contribution in [0.4, 0.5) is 0 Å². The molecule has 4 nitrogen and oxygen atoms in total. The number of primary amides is 1. The summed E-state index contributed by atoms with van der Waals surface area (Å²) in [6.07, 6.45) is 4.68. The summed E-state index contributed by atoms with van der Waals surface area (Å²) in [5, 5.41) is 10.3. The second kappa shape index (κ2) is 7.57. The van der Waals surface area contributed by atoms with Crippen molar-refractivity contribution in [3.05, 3.63) is 35.9 Å². The van der Waals surface area contributed by atoms with Gasteiger partial charge in [-0.2, -0.15) is 0 Å². The van der Waals surface area contributed by atoms with Gasteiger partial charge in [0.1, 0.15) is 0 Å². The summed E-state index contributed by atoms with van der Waals surface area (Å²) in [5.41, 5.74) is 12.7. The first-order chi connectivity index (χ1) is 10.1. The van der Waals surface area contributed by atoms with Gasteiger partial charge in [-0.1, -0.05) is 43.2 Å². The van der Waals surface area contributed by atoms with E-state index in [-0.39, 0.29) is 17.9 Å².